The van der Waals surface area contributed by atoms with Crippen LogP contribution in [0, 0.1) is 5.41 Å². The van der Waals surface area contributed by atoms with E-state index in [-0.39, 0.29) is 23.3 Å². The van der Waals surface area contributed by atoms with Crippen molar-refractivity contribution in [2.75, 3.05) is 13.1 Å². The molecule has 0 aliphatic carbocycles. The van der Waals surface area contributed by atoms with E-state index in [4.69, 9.17) is 17.3 Å². The lowest BCUT2D eigenvalue weighted by atomic mass is 9.89. The molecule has 0 radical (unpaired) electrons. The van der Waals surface area contributed by atoms with Gasteiger partial charge in [0.1, 0.15) is 0 Å². The maximum Gasteiger partial charge on any atom is 0.262 e. The number of sulfonamides is 1. The lowest BCUT2D eigenvalue weighted by Gasteiger charge is -2.20. The number of thiazole rings is 1. The van der Waals surface area contributed by atoms with Crippen molar-refractivity contribution >= 4 is 43.8 Å². The third-order valence-corrected chi connectivity index (χ3v) is 6.80. The van der Waals surface area contributed by atoms with Gasteiger partial charge in [0.25, 0.3) is 10.0 Å². The molecule has 7 nitrogen and oxygen atoms in total. The number of halogens is 1. The van der Waals surface area contributed by atoms with Crippen LogP contribution in [0.25, 0.3) is 4.96 Å². The van der Waals surface area contributed by atoms with E-state index in [1.807, 2.05) is 0 Å². The van der Waals surface area contributed by atoms with Gasteiger partial charge in [0.2, 0.25) is 5.91 Å². The zero-order valence-corrected chi connectivity index (χ0v) is 13.5. The normalized spacial score (nSPS) is 23.9. The molecule has 0 spiro atoms. The summed E-state index contributed by atoms with van der Waals surface area (Å²) in [6, 6.07) is 0. The molecule has 1 unspecified atom stereocenters. The molecule has 1 atom stereocenters. The molecule has 10 heteroatoms. The Morgan fingerprint density at radius 3 is 2.90 bits per heavy atom. The number of amides is 1. The number of carbonyl (C=O) groups excluding carboxylic acids is 1. The molecule has 0 saturated carbocycles. The Kier molecular flexibility index (Phi) is 3.28. The molecule has 21 heavy (non-hydrogen) atoms. The first-order valence-electron chi connectivity index (χ1n) is 6.17. The number of fused-ring (bicyclic) bond motifs is 1. The molecule has 0 bridgehead atoms. The maximum absolute atomic E-state index is 12.8. The molecule has 0 aromatic carbocycles. The van der Waals surface area contributed by atoms with Crippen LogP contribution in [-0.4, -0.2) is 41.1 Å². The molecular formula is C11H13ClN4O3S2. The highest BCUT2D eigenvalue weighted by Gasteiger charge is 2.45. The van der Waals surface area contributed by atoms with Gasteiger partial charge in [-0.25, -0.2) is 13.4 Å². The third-order valence-electron chi connectivity index (χ3n) is 3.80. The summed E-state index contributed by atoms with van der Waals surface area (Å²) in [5.74, 6) is -0.500. The summed E-state index contributed by atoms with van der Waals surface area (Å²) >= 11 is 7.28. The van der Waals surface area contributed by atoms with Crippen LogP contribution < -0.4 is 5.73 Å². The van der Waals surface area contributed by atoms with Gasteiger partial charge >= 0.3 is 0 Å². The molecule has 1 aliphatic rings. The monoisotopic (exact) mass is 348 g/mol. The van der Waals surface area contributed by atoms with Gasteiger partial charge in [0.05, 0.1) is 5.41 Å². The fourth-order valence-corrected chi connectivity index (χ4v) is 5.39. The van der Waals surface area contributed by atoms with Crippen LogP contribution in [0.3, 0.4) is 0 Å². The molecule has 1 fully saturated rings. The molecule has 3 rings (SSSR count). The van der Waals surface area contributed by atoms with Crippen LogP contribution in [0.2, 0.25) is 5.15 Å². The number of hydrogen-bond donors (Lipinski definition) is 1. The van der Waals surface area contributed by atoms with Crippen molar-refractivity contribution in [2.24, 2.45) is 11.1 Å². The molecule has 2 aromatic rings. The van der Waals surface area contributed by atoms with E-state index < -0.39 is 21.3 Å². The van der Waals surface area contributed by atoms with Crippen LogP contribution in [0.5, 0.6) is 0 Å². The molecule has 1 saturated heterocycles. The molecule has 2 N–H and O–H groups in total. The van der Waals surface area contributed by atoms with Gasteiger partial charge in [-0.15, -0.1) is 11.3 Å². The fraction of sp³-hybridized carbons (Fsp3) is 0.455. The lowest BCUT2D eigenvalue weighted by Crippen LogP contribution is -2.38. The second kappa shape index (κ2) is 4.67. The van der Waals surface area contributed by atoms with Gasteiger partial charge in [0, 0.05) is 24.7 Å². The van der Waals surface area contributed by atoms with Gasteiger partial charge in [-0.2, -0.15) is 4.31 Å². The summed E-state index contributed by atoms with van der Waals surface area (Å²) in [4.78, 5) is 16.0. The van der Waals surface area contributed by atoms with Gasteiger partial charge in [-0.3, -0.25) is 9.20 Å². The second-order valence-electron chi connectivity index (χ2n) is 5.28. The highest BCUT2D eigenvalue weighted by molar-refractivity contribution is 7.89. The first-order valence-corrected chi connectivity index (χ1v) is 8.86. The van der Waals surface area contributed by atoms with Gasteiger partial charge in [0.15, 0.2) is 15.1 Å². The Hall–Kier alpha value is -1.16. The summed E-state index contributed by atoms with van der Waals surface area (Å²) in [6.45, 7) is 1.96. The fourth-order valence-electron chi connectivity index (χ4n) is 2.42. The van der Waals surface area contributed by atoms with Gasteiger partial charge in [-0.05, 0) is 13.3 Å². The van der Waals surface area contributed by atoms with Crippen molar-refractivity contribution in [1.82, 2.24) is 13.7 Å². The number of nitrogens with two attached hydrogens (primary N) is 1. The summed E-state index contributed by atoms with van der Waals surface area (Å²) in [5, 5.41) is 1.61. The van der Waals surface area contributed by atoms with E-state index in [0.29, 0.717) is 11.4 Å². The van der Waals surface area contributed by atoms with Crippen LogP contribution in [0.1, 0.15) is 13.3 Å². The van der Waals surface area contributed by atoms with E-state index in [1.54, 1.807) is 18.5 Å². The Balaban J connectivity index is 2.04. The van der Waals surface area contributed by atoms with Crippen LogP contribution in [0.4, 0.5) is 0 Å². The number of aromatic nitrogens is 2. The zero-order chi connectivity index (χ0) is 15.4. The van der Waals surface area contributed by atoms with Crippen LogP contribution in [-0.2, 0) is 14.8 Å². The van der Waals surface area contributed by atoms with Crippen molar-refractivity contribution in [3.63, 3.8) is 0 Å². The minimum absolute atomic E-state index is 0.0539. The lowest BCUT2D eigenvalue weighted by molar-refractivity contribution is -0.126. The number of imidazole rings is 1. The van der Waals surface area contributed by atoms with Crippen molar-refractivity contribution in [1.29, 1.82) is 0 Å². The van der Waals surface area contributed by atoms with E-state index in [9.17, 15) is 13.2 Å². The van der Waals surface area contributed by atoms with E-state index in [2.05, 4.69) is 4.98 Å². The van der Waals surface area contributed by atoms with E-state index in [0.717, 1.165) is 0 Å². The minimum Gasteiger partial charge on any atom is -0.369 e. The van der Waals surface area contributed by atoms with Crippen molar-refractivity contribution in [3.8, 4) is 0 Å². The number of nitrogens with zero attached hydrogens (tertiary/aromatic N) is 3. The van der Waals surface area contributed by atoms with Crippen molar-refractivity contribution < 1.29 is 13.2 Å². The van der Waals surface area contributed by atoms with Crippen molar-refractivity contribution in [3.05, 3.63) is 16.7 Å². The molecule has 2 aromatic heterocycles. The number of rotatable bonds is 3. The highest BCUT2D eigenvalue weighted by Crippen LogP contribution is 2.35. The molecule has 3 heterocycles. The van der Waals surface area contributed by atoms with E-state index in [1.165, 1.54) is 20.0 Å². The molecular weight excluding hydrogens is 336 g/mol. The number of hydrogen-bond acceptors (Lipinski definition) is 5. The SMILES string of the molecule is CC1(C(N)=O)CCN(S(=O)(=O)c2c(Cl)nc3sccn23)C1. The Labute approximate surface area is 130 Å². The summed E-state index contributed by atoms with van der Waals surface area (Å²) in [5.41, 5.74) is 4.51. The third kappa shape index (κ3) is 2.15. The van der Waals surface area contributed by atoms with E-state index >= 15 is 0 Å². The summed E-state index contributed by atoms with van der Waals surface area (Å²) in [7, 11) is -3.83. The van der Waals surface area contributed by atoms with Gasteiger partial charge in [-0.1, -0.05) is 11.6 Å². The summed E-state index contributed by atoms with van der Waals surface area (Å²) < 4.78 is 28.2. The first-order chi connectivity index (χ1) is 9.75. The average Bonchev–Trinajstić information content (AvgIpc) is 3.03. The quantitative estimate of drug-likeness (QED) is 0.892. The van der Waals surface area contributed by atoms with Crippen LogP contribution >= 0.6 is 22.9 Å². The molecule has 1 amide bonds. The standard InChI is InChI=1S/C11H13ClN4O3S2/c1-11(9(13)17)2-3-15(6-11)21(18,19)8-7(12)14-10-16(8)4-5-20-10/h4-5H,2-3,6H2,1H3,(H2,13,17). The number of primary amides is 1. The Morgan fingerprint density at radius 1 is 1.57 bits per heavy atom. The zero-order valence-electron chi connectivity index (χ0n) is 11.1. The Bertz CT molecular complexity index is 828. The topological polar surface area (TPSA) is 97.8 Å². The second-order valence-corrected chi connectivity index (χ2v) is 8.36. The summed E-state index contributed by atoms with van der Waals surface area (Å²) in [6.07, 6.45) is 2.00. The smallest absolute Gasteiger partial charge is 0.262 e. The first kappa shape index (κ1) is 14.8. The maximum atomic E-state index is 12.8. The predicted octanol–water partition coefficient (Wildman–Crippen LogP) is 0.935. The predicted molar refractivity (Wildman–Crippen MR) is 78.8 cm³/mol. The number of carbonyl (C=O) groups is 1. The highest BCUT2D eigenvalue weighted by atomic mass is 35.5. The largest absolute Gasteiger partial charge is 0.369 e. The van der Waals surface area contributed by atoms with Crippen LogP contribution in [0.15, 0.2) is 16.6 Å². The minimum atomic E-state index is -3.83. The van der Waals surface area contributed by atoms with Gasteiger partial charge < -0.3 is 5.73 Å². The molecule has 1 aliphatic heterocycles. The van der Waals surface area contributed by atoms with Crippen molar-refractivity contribution in [2.45, 2.75) is 18.4 Å². The molecule has 114 valence electrons. The average molecular weight is 349 g/mol. The Morgan fingerprint density at radius 2 is 2.29 bits per heavy atom.